The summed E-state index contributed by atoms with van der Waals surface area (Å²) >= 11 is 0. The third-order valence-electron chi connectivity index (χ3n) is 3.14. The van der Waals surface area contributed by atoms with E-state index in [1.54, 1.807) is 0 Å². The summed E-state index contributed by atoms with van der Waals surface area (Å²) in [5.41, 5.74) is 6.47. The number of pyridine rings is 1. The Morgan fingerprint density at radius 2 is 2.06 bits per heavy atom. The van der Waals surface area contributed by atoms with Crippen LogP contribution in [0.3, 0.4) is 0 Å². The van der Waals surface area contributed by atoms with Crippen molar-refractivity contribution in [2.75, 3.05) is 0 Å². The van der Waals surface area contributed by atoms with Gasteiger partial charge in [0.1, 0.15) is 0 Å². The van der Waals surface area contributed by atoms with E-state index >= 15 is 0 Å². The maximum Gasteiger partial charge on any atom is 0.0708 e. The summed E-state index contributed by atoms with van der Waals surface area (Å²) in [5.74, 6) is 0. The van der Waals surface area contributed by atoms with Crippen LogP contribution in [-0.2, 0) is 6.42 Å². The Morgan fingerprint density at radius 3 is 2.88 bits per heavy atom. The molecule has 1 heterocycles. The fourth-order valence-corrected chi connectivity index (χ4v) is 2.28. The number of allylic oxidation sites excluding steroid dienone is 1. The molecular weight excluding hydrogens is 194 g/mol. The molecule has 0 N–H and O–H groups in total. The van der Waals surface area contributed by atoms with E-state index in [4.69, 9.17) is 0 Å². The second kappa shape index (κ2) is 3.60. The molecule has 16 heavy (non-hydrogen) atoms. The van der Waals surface area contributed by atoms with Crippen molar-refractivity contribution in [3.63, 3.8) is 0 Å². The first-order valence-corrected chi connectivity index (χ1v) is 5.56. The van der Waals surface area contributed by atoms with E-state index in [0.717, 1.165) is 12.1 Å². The number of aryl methyl sites for hydroxylation is 1. The summed E-state index contributed by atoms with van der Waals surface area (Å²) in [5, 5.41) is 0. The van der Waals surface area contributed by atoms with Crippen LogP contribution in [0.4, 0.5) is 0 Å². The van der Waals surface area contributed by atoms with Crippen molar-refractivity contribution >= 4 is 6.08 Å². The summed E-state index contributed by atoms with van der Waals surface area (Å²) < 4.78 is 0. The molecule has 1 aromatic heterocycles. The Bertz CT molecular complexity index is 553. The summed E-state index contributed by atoms with van der Waals surface area (Å²) in [6.07, 6.45) is 7.35. The normalized spacial score (nSPS) is 12.8. The molecule has 0 unspecified atom stereocenters. The van der Waals surface area contributed by atoms with E-state index in [9.17, 15) is 0 Å². The van der Waals surface area contributed by atoms with Crippen LogP contribution in [0.2, 0.25) is 0 Å². The molecule has 1 heteroatoms. The maximum absolute atomic E-state index is 4.42. The van der Waals surface area contributed by atoms with Gasteiger partial charge in [-0.3, -0.25) is 4.98 Å². The molecule has 3 rings (SSSR count). The van der Waals surface area contributed by atoms with Gasteiger partial charge in [0.15, 0.2) is 0 Å². The molecule has 1 aromatic carbocycles. The molecule has 78 valence electrons. The summed E-state index contributed by atoms with van der Waals surface area (Å²) in [7, 11) is 0. The van der Waals surface area contributed by atoms with Crippen molar-refractivity contribution < 1.29 is 0 Å². The summed E-state index contributed by atoms with van der Waals surface area (Å²) in [4.78, 5) is 4.42. The van der Waals surface area contributed by atoms with Crippen molar-refractivity contribution in [1.82, 2.24) is 4.98 Å². The van der Waals surface area contributed by atoms with Crippen LogP contribution in [0.1, 0.15) is 16.7 Å². The van der Waals surface area contributed by atoms with Crippen LogP contribution >= 0.6 is 0 Å². The zero-order chi connectivity index (χ0) is 11.0. The molecular formula is C15H13N. The van der Waals surface area contributed by atoms with Gasteiger partial charge in [-0.1, -0.05) is 30.4 Å². The fraction of sp³-hybridized carbons (Fsp3) is 0.133. The Morgan fingerprint density at radius 1 is 1.12 bits per heavy atom. The number of benzene rings is 1. The molecule has 0 amide bonds. The lowest BCUT2D eigenvalue weighted by atomic mass is 9.96. The van der Waals surface area contributed by atoms with Crippen LogP contribution in [0.5, 0.6) is 0 Å². The van der Waals surface area contributed by atoms with Gasteiger partial charge in [0.25, 0.3) is 0 Å². The second-order valence-electron chi connectivity index (χ2n) is 4.14. The van der Waals surface area contributed by atoms with Crippen molar-refractivity contribution in [2.24, 2.45) is 0 Å². The average Bonchev–Trinajstić information content (AvgIpc) is 2.81. The first-order valence-electron chi connectivity index (χ1n) is 5.56. The highest BCUT2D eigenvalue weighted by molar-refractivity contribution is 5.78. The Hall–Kier alpha value is -1.89. The predicted octanol–water partition coefficient (Wildman–Crippen LogP) is 3.63. The minimum atomic E-state index is 1.06. The van der Waals surface area contributed by atoms with E-state index in [1.807, 2.05) is 18.3 Å². The number of fused-ring (bicyclic) bond motifs is 1. The molecule has 1 nitrogen and oxygen atoms in total. The molecule has 0 saturated heterocycles. The zero-order valence-electron chi connectivity index (χ0n) is 9.27. The smallest absolute Gasteiger partial charge is 0.0708 e. The van der Waals surface area contributed by atoms with Gasteiger partial charge in [-0.15, -0.1) is 0 Å². The summed E-state index contributed by atoms with van der Waals surface area (Å²) in [6.45, 7) is 2.17. The van der Waals surface area contributed by atoms with Crippen LogP contribution in [0, 0.1) is 6.92 Å². The number of rotatable bonds is 1. The summed E-state index contributed by atoms with van der Waals surface area (Å²) in [6, 6.07) is 10.4. The van der Waals surface area contributed by atoms with Crippen LogP contribution in [0.25, 0.3) is 17.3 Å². The van der Waals surface area contributed by atoms with E-state index in [0.29, 0.717) is 0 Å². The van der Waals surface area contributed by atoms with E-state index in [2.05, 4.69) is 42.3 Å². The van der Waals surface area contributed by atoms with Crippen molar-refractivity contribution in [2.45, 2.75) is 13.3 Å². The number of hydrogen-bond acceptors (Lipinski definition) is 1. The molecule has 0 spiro atoms. The fourth-order valence-electron chi connectivity index (χ4n) is 2.28. The van der Waals surface area contributed by atoms with Gasteiger partial charge < -0.3 is 0 Å². The number of aromatic nitrogens is 1. The second-order valence-corrected chi connectivity index (χ2v) is 4.14. The Balaban J connectivity index is 2.23. The maximum atomic E-state index is 4.42. The average molecular weight is 207 g/mol. The lowest BCUT2D eigenvalue weighted by Crippen LogP contribution is -1.92. The van der Waals surface area contributed by atoms with Crippen LogP contribution < -0.4 is 0 Å². The Kier molecular flexibility index (Phi) is 2.10. The minimum absolute atomic E-state index is 1.06. The highest BCUT2D eigenvalue weighted by Crippen LogP contribution is 2.32. The van der Waals surface area contributed by atoms with Gasteiger partial charge in [-0.25, -0.2) is 0 Å². The van der Waals surface area contributed by atoms with Crippen molar-refractivity contribution in [1.29, 1.82) is 0 Å². The minimum Gasteiger partial charge on any atom is -0.256 e. The van der Waals surface area contributed by atoms with Crippen LogP contribution in [-0.4, -0.2) is 4.98 Å². The van der Waals surface area contributed by atoms with Crippen molar-refractivity contribution in [3.8, 4) is 11.3 Å². The van der Waals surface area contributed by atoms with Gasteiger partial charge in [0.2, 0.25) is 0 Å². The lowest BCUT2D eigenvalue weighted by Gasteiger charge is -2.09. The van der Waals surface area contributed by atoms with Gasteiger partial charge in [-0.05, 0) is 42.2 Å². The molecule has 0 radical (unpaired) electrons. The third kappa shape index (κ3) is 1.36. The van der Waals surface area contributed by atoms with Gasteiger partial charge in [0, 0.05) is 11.8 Å². The van der Waals surface area contributed by atoms with Gasteiger partial charge in [0.05, 0.1) is 5.69 Å². The van der Waals surface area contributed by atoms with E-state index < -0.39 is 0 Å². The molecule has 1 aliphatic carbocycles. The Labute approximate surface area is 95.5 Å². The van der Waals surface area contributed by atoms with E-state index in [-0.39, 0.29) is 0 Å². The standard InChI is InChI=1S/C15H13N/c1-11-8-9-14(13-6-4-5-12(11)13)15-7-2-3-10-16-15/h2-4,6-10H,5H2,1H3. The molecule has 0 aliphatic heterocycles. The highest BCUT2D eigenvalue weighted by atomic mass is 14.7. The number of hydrogen-bond donors (Lipinski definition) is 0. The molecule has 2 aromatic rings. The zero-order valence-corrected chi connectivity index (χ0v) is 9.27. The topological polar surface area (TPSA) is 12.9 Å². The molecule has 0 bridgehead atoms. The SMILES string of the molecule is Cc1ccc(-c2ccccn2)c2c1CC=C2. The van der Waals surface area contributed by atoms with Gasteiger partial charge in [-0.2, -0.15) is 0 Å². The molecule has 1 aliphatic rings. The first-order chi connectivity index (χ1) is 7.86. The molecule has 0 fully saturated rings. The van der Waals surface area contributed by atoms with Crippen molar-refractivity contribution in [3.05, 3.63) is 59.3 Å². The quantitative estimate of drug-likeness (QED) is 0.696. The molecule has 0 atom stereocenters. The van der Waals surface area contributed by atoms with Gasteiger partial charge >= 0.3 is 0 Å². The first kappa shape index (κ1) is 9.34. The monoisotopic (exact) mass is 207 g/mol. The number of nitrogens with zero attached hydrogens (tertiary/aromatic N) is 1. The molecule has 0 saturated carbocycles. The van der Waals surface area contributed by atoms with Crippen LogP contribution in [0.15, 0.2) is 42.6 Å². The third-order valence-corrected chi connectivity index (χ3v) is 3.14. The largest absolute Gasteiger partial charge is 0.256 e. The lowest BCUT2D eigenvalue weighted by molar-refractivity contribution is 1.23. The van der Waals surface area contributed by atoms with E-state index in [1.165, 1.54) is 22.3 Å². The highest BCUT2D eigenvalue weighted by Gasteiger charge is 2.13. The predicted molar refractivity (Wildman–Crippen MR) is 67.1 cm³/mol.